The van der Waals surface area contributed by atoms with Crippen molar-refractivity contribution >= 4 is 23.1 Å². The molecule has 124 valence electrons. The second-order valence-corrected chi connectivity index (χ2v) is 6.86. The highest BCUT2D eigenvalue weighted by Gasteiger charge is 2.21. The summed E-state index contributed by atoms with van der Waals surface area (Å²) in [6.45, 7) is 0. The first-order valence-electron chi connectivity index (χ1n) is 8.47. The first-order chi connectivity index (χ1) is 11.7. The molecule has 2 aromatic rings. The van der Waals surface area contributed by atoms with Crippen molar-refractivity contribution in [2.75, 3.05) is 0 Å². The molecule has 0 radical (unpaired) electrons. The van der Waals surface area contributed by atoms with Crippen LogP contribution in [0.2, 0.25) is 0 Å². The van der Waals surface area contributed by atoms with E-state index in [1.54, 1.807) is 0 Å². The van der Waals surface area contributed by atoms with Crippen LogP contribution in [-0.2, 0) is 0 Å². The number of nitrogens with one attached hydrogen (secondary N) is 1. The summed E-state index contributed by atoms with van der Waals surface area (Å²) in [5.41, 5.74) is 3.25. The molecule has 0 bridgehead atoms. The number of carbonyl (C=O) groups excluding carboxylic acids is 1. The molecule has 3 heteroatoms. The van der Waals surface area contributed by atoms with Crippen LogP contribution in [0.5, 0.6) is 0 Å². The van der Waals surface area contributed by atoms with E-state index in [1.165, 1.54) is 11.1 Å². The van der Waals surface area contributed by atoms with Gasteiger partial charge in [0.15, 0.2) is 0 Å². The molecule has 3 rings (SSSR count). The Morgan fingerprint density at radius 2 is 1.67 bits per heavy atom. The highest BCUT2D eigenvalue weighted by atomic mass is 35.5. The Kier molecular flexibility index (Phi) is 5.71. The Labute approximate surface area is 148 Å². The monoisotopic (exact) mass is 339 g/mol. The van der Waals surface area contributed by atoms with E-state index in [0.717, 1.165) is 25.7 Å². The van der Waals surface area contributed by atoms with Gasteiger partial charge >= 0.3 is 0 Å². The molecule has 1 aliphatic carbocycles. The van der Waals surface area contributed by atoms with E-state index in [9.17, 15) is 4.79 Å². The lowest BCUT2D eigenvalue weighted by Gasteiger charge is -2.24. The van der Waals surface area contributed by atoms with E-state index in [1.807, 2.05) is 36.4 Å². The van der Waals surface area contributed by atoms with Crippen LogP contribution in [0.1, 0.15) is 41.6 Å². The molecule has 2 atom stereocenters. The minimum atomic E-state index is -0.0164. The van der Waals surface area contributed by atoms with Gasteiger partial charge in [0, 0.05) is 17.0 Å². The molecule has 1 amide bonds. The van der Waals surface area contributed by atoms with Crippen molar-refractivity contribution in [2.24, 2.45) is 0 Å². The summed E-state index contributed by atoms with van der Waals surface area (Å²) >= 11 is 6.57. The molecule has 0 unspecified atom stereocenters. The van der Waals surface area contributed by atoms with Crippen LogP contribution in [0.3, 0.4) is 0 Å². The Hall–Kier alpha value is -2.06. The molecule has 0 heterocycles. The molecule has 0 saturated carbocycles. The van der Waals surface area contributed by atoms with Gasteiger partial charge in [-0.1, -0.05) is 54.6 Å². The van der Waals surface area contributed by atoms with E-state index < -0.39 is 0 Å². The Morgan fingerprint density at radius 3 is 2.38 bits per heavy atom. The second-order valence-electron chi connectivity index (χ2n) is 6.25. The zero-order chi connectivity index (χ0) is 16.8. The SMILES string of the molecule is O=C(N[C@H]1CC/C=C(\c2ccccc2)C[C@@H](Cl)C1)c1ccccc1. The maximum Gasteiger partial charge on any atom is 0.251 e. The molecule has 1 N–H and O–H groups in total. The predicted molar refractivity (Wildman–Crippen MR) is 100 cm³/mol. The Bertz CT molecular complexity index is 696. The van der Waals surface area contributed by atoms with Gasteiger partial charge in [-0.05, 0) is 49.0 Å². The smallest absolute Gasteiger partial charge is 0.251 e. The minimum absolute atomic E-state index is 0.0164. The highest BCUT2D eigenvalue weighted by molar-refractivity contribution is 6.21. The summed E-state index contributed by atoms with van der Waals surface area (Å²) in [5, 5.41) is 3.16. The van der Waals surface area contributed by atoms with Crippen molar-refractivity contribution in [1.82, 2.24) is 5.32 Å². The van der Waals surface area contributed by atoms with Gasteiger partial charge in [0.2, 0.25) is 0 Å². The van der Waals surface area contributed by atoms with Gasteiger partial charge in [0.25, 0.3) is 5.91 Å². The average molecular weight is 340 g/mol. The minimum Gasteiger partial charge on any atom is -0.349 e. The molecule has 0 spiro atoms. The molecule has 0 aromatic heterocycles. The molecule has 0 saturated heterocycles. The fourth-order valence-corrected chi connectivity index (χ4v) is 3.55. The third-order valence-corrected chi connectivity index (χ3v) is 4.74. The zero-order valence-electron chi connectivity index (χ0n) is 13.6. The normalized spacial score (nSPS) is 23.5. The van der Waals surface area contributed by atoms with Crippen molar-refractivity contribution < 1.29 is 4.79 Å². The quantitative estimate of drug-likeness (QED) is 0.779. The van der Waals surface area contributed by atoms with Crippen LogP contribution in [0.4, 0.5) is 0 Å². The molecule has 1 aliphatic rings. The third-order valence-electron chi connectivity index (χ3n) is 4.40. The number of carbonyl (C=O) groups is 1. The number of benzene rings is 2. The number of alkyl halides is 1. The molecular weight excluding hydrogens is 318 g/mol. The number of amides is 1. The van der Waals surface area contributed by atoms with Crippen LogP contribution >= 0.6 is 11.6 Å². The fraction of sp³-hybridized carbons (Fsp3) is 0.286. The first-order valence-corrected chi connectivity index (χ1v) is 8.90. The van der Waals surface area contributed by atoms with E-state index in [4.69, 9.17) is 11.6 Å². The molecular formula is C21H22ClNO. The van der Waals surface area contributed by atoms with E-state index in [0.29, 0.717) is 5.56 Å². The lowest BCUT2D eigenvalue weighted by molar-refractivity contribution is 0.0933. The number of rotatable bonds is 3. The summed E-state index contributed by atoms with van der Waals surface area (Å²) in [7, 11) is 0. The van der Waals surface area contributed by atoms with Gasteiger partial charge in [-0.25, -0.2) is 0 Å². The van der Waals surface area contributed by atoms with E-state index in [2.05, 4.69) is 35.7 Å². The van der Waals surface area contributed by atoms with Crippen molar-refractivity contribution in [3.05, 3.63) is 77.9 Å². The van der Waals surface area contributed by atoms with Crippen molar-refractivity contribution in [3.63, 3.8) is 0 Å². The van der Waals surface area contributed by atoms with Gasteiger partial charge in [0.05, 0.1) is 0 Å². The standard InChI is InChI=1S/C21H22ClNO/c22-19-14-18(16-8-3-1-4-9-16)12-7-13-20(15-19)23-21(24)17-10-5-2-6-11-17/h1-6,8-12,19-20H,7,13-15H2,(H,23,24)/b18-12-/t19-,20+/m1/s1. The number of allylic oxidation sites excluding steroid dienone is 2. The lowest BCUT2D eigenvalue weighted by Crippen LogP contribution is -2.37. The lowest BCUT2D eigenvalue weighted by atomic mass is 9.92. The topological polar surface area (TPSA) is 29.1 Å². The van der Waals surface area contributed by atoms with Crippen LogP contribution in [0, 0.1) is 0 Å². The Balaban J connectivity index is 1.65. The van der Waals surface area contributed by atoms with Gasteiger partial charge in [-0.15, -0.1) is 11.6 Å². The summed E-state index contributed by atoms with van der Waals surface area (Å²) in [5.74, 6) is -0.0164. The zero-order valence-corrected chi connectivity index (χ0v) is 14.4. The molecule has 24 heavy (non-hydrogen) atoms. The highest BCUT2D eigenvalue weighted by Crippen LogP contribution is 2.28. The number of hydrogen-bond donors (Lipinski definition) is 1. The van der Waals surface area contributed by atoms with Gasteiger partial charge in [-0.3, -0.25) is 4.79 Å². The largest absolute Gasteiger partial charge is 0.349 e. The first kappa shape index (κ1) is 16.8. The fourth-order valence-electron chi connectivity index (χ4n) is 3.17. The maximum absolute atomic E-state index is 12.3. The van der Waals surface area contributed by atoms with E-state index in [-0.39, 0.29) is 17.3 Å². The van der Waals surface area contributed by atoms with Crippen molar-refractivity contribution in [3.8, 4) is 0 Å². The predicted octanol–water partition coefficient (Wildman–Crippen LogP) is 5.05. The molecule has 2 aromatic carbocycles. The van der Waals surface area contributed by atoms with Crippen LogP contribution in [0.15, 0.2) is 66.7 Å². The van der Waals surface area contributed by atoms with E-state index >= 15 is 0 Å². The maximum atomic E-state index is 12.3. The second kappa shape index (κ2) is 8.16. The third kappa shape index (κ3) is 4.48. The van der Waals surface area contributed by atoms with Crippen LogP contribution in [0.25, 0.3) is 5.57 Å². The van der Waals surface area contributed by atoms with Crippen molar-refractivity contribution in [2.45, 2.75) is 37.1 Å². The summed E-state index contributed by atoms with van der Waals surface area (Å²) in [6, 6.07) is 19.9. The average Bonchev–Trinajstić information content (AvgIpc) is 2.60. The van der Waals surface area contributed by atoms with Gasteiger partial charge < -0.3 is 5.32 Å². The van der Waals surface area contributed by atoms with Crippen molar-refractivity contribution in [1.29, 1.82) is 0 Å². The number of hydrogen-bond acceptors (Lipinski definition) is 1. The van der Waals surface area contributed by atoms with Crippen LogP contribution < -0.4 is 5.32 Å². The number of halogens is 1. The van der Waals surface area contributed by atoms with Gasteiger partial charge in [-0.2, -0.15) is 0 Å². The summed E-state index contributed by atoms with van der Waals surface area (Å²) < 4.78 is 0. The molecule has 2 nitrogen and oxygen atoms in total. The van der Waals surface area contributed by atoms with Crippen LogP contribution in [-0.4, -0.2) is 17.3 Å². The summed E-state index contributed by atoms with van der Waals surface area (Å²) in [6.07, 6.45) is 5.77. The Morgan fingerprint density at radius 1 is 1.00 bits per heavy atom. The molecule has 0 fully saturated rings. The van der Waals surface area contributed by atoms with Gasteiger partial charge in [0.1, 0.15) is 0 Å². The molecule has 0 aliphatic heterocycles. The summed E-state index contributed by atoms with van der Waals surface area (Å²) in [4.78, 5) is 12.3.